The molecular formula is C37H66N2O4. The van der Waals surface area contributed by atoms with Crippen LogP contribution in [0.2, 0.25) is 0 Å². The van der Waals surface area contributed by atoms with Gasteiger partial charge in [0.15, 0.2) is 0 Å². The van der Waals surface area contributed by atoms with Crippen LogP contribution >= 0.6 is 0 Å². The van der Waals surface area contributed by atoms with E-state index in [-0.39, 0.29) is 17.2 Å². The van der Waals surface area contributed by atoms with E-state index in [0.29, 0.717) is 18.8 Å². The maximum Gasteiger partial charge on any atom is 0.273 e. The number of phenols is 1. The summed E-state index contributed by atoms with van der Waals surface area (Å²) in [5.74, 6) is -0.355. The van der Waals surface area contributed by atoms with Gasteiger partial charge >= 0.3 is 0 Å². The van der Waals surface area contributed by atoms with E-state index in [0.717, 1.165) is 32.1 Å². The molecular weight excluding hydrogens is 536 g/mol. The number of hydrogen-bond donors (Lipinski definition) is 3. The summed E-state index contributed by atoms with van der Waals surface area (Å²) in [4.78, 5) is 24.7. The highest BCUT2D eigenvalue weighted by atomic mass is 16.5. The van der Waals surface area contributed by atoms with Gasteiger partial charge in [0.05, 0.1) is 12.2 Å². The van der Waals surface area contributed by atoms with Gasteiger partial charge in [-0.1, -0.05) is 162 Å². The molecule has 0 radical (unpaired) electrons. The molecule has 0 aromatic heterocycles. The van der Waals surface area contributed by atoms with Gasteiger partial charge in [-0.25, -0.2) is 0 Å². The lowest BCUT2D eigenvalue weighted by molar-refractivity contribution is -0.122. The van der Waals surface area contributed by atoms with Crippen LogP contribution in [-0.4, -0.2) is 23.5 Å². The maximum atomic E-state index is 12.6. The quantitative estimate of drug-likeness (QED) is 0.0629. The van der Waals surface area contributed by atoms with Crippen LogP contribution in [-0.2, 0) is 4.79 Å². The molecule has 2 amide bonds. The highest BCUT2D eigenvalue weighted by Gasteiger charge is 2.13. The molecule has 6 nitrogen and oxygen atoms in total. The summed E-state index contributed by atoms with van der Waals surface area (Å²) in [6.07, 6.45) is 32.2. The van der Waals surface area contributed by atoms with E-state index < -0.39 is 5.91 Å². The monoisotopic (exact) mass is 603 g/mol. The molecule has 6 heteroatoms. The van der Waals surface area contributed by atoms with Crippen LogP contribution in [0.4, 0.5) is 0 Å². The van der Waals surface area contributed by atoms with E-state index in [1.807, 2.05) is 0 Å². The molecule has 248 valence electrons. The topological polar surface area (TPSA) is 87.7 Å². The standard InChI is InChI=1S/C37H66N2O4/c1-3-5-7-9-11-13-15-16-17-18-19-20-22-24-26-28-36(41)38-39-37(42)34-32-33(29-30-35(34)40)43-31-27-25-23-21-14-12-10-8-6-4-2/h29-30,32,40H,3-28,31H2,1-2H3,(H,38,41)(H,39,42). The van der Waals surface area contributed by atoms with E-state index in [1.54, 1.807) is 6.07 Å². The fourth-order valence-electron chi connectivity index (χ4n) is 5.48. The fourth-order valence-corrected chi connectivity index (χ4v) is 5.48. The summed E-state index contributed by atoms with van der Waals surface area (Å²) in [7, 11) is 0. The molecule has 0 aliphatic carbocycles. The summed E-state index contributed by atoms with van der Waals surface area (Å²) in [5, 5.41) is 10.2. The smallest absolute Gasteiger partial charge is 0.273 e. The van der Waals surface area contributed by atoms with Gasteiger partial charge in [-0.15, -0.1) is 0 Å². The number of benzene rings is 1. The third-order valence-corrected chi connectivity index (χ3v) is 8.30. The molecule has 43 heavy (non-hydrogen) atoms. The van der Waals surface area contributed by atoms with Crippen LogP contribution in [0.25, 0.3) is 0 Å². The lowest BCUT2D eigenvalue weighted by atomic mass is 10.0. The minimum absolute atomic E-state index is 0.0906. The van der Waals surface area contributed by atoms with Crippen molar-refractivity contribution in [3.63, 3.8) is 0 Å². The van der Waals surface area contributed by atoms with E-state index in [4.69, 9.17) is 4.74 Å². The molecule has 0 bridgehead atoms. The fraction of sp³-hybridized carbons (Fsp3) is 0.784. The Morgan fingerprint density at radius 2 is 1.00 bits per heavy atom. The number of phenolic OH excluding ortho intramolecular Hbond substituents is 1. The number of hydrogen-bond acceptors (Lipinski definition) is 4. The van der Waals surface area contributed by atoms with E-state index in [2.05, 4.69) is 24.7 Å². The first-order valence-corrected chi connectivity index (χ1v) is 18.1. The number of hydrazine groups is 1. The summed E-state index contributed by atoms with van der Waals surface area (Å²) in [5.41, 5.74) is 4.99. The van der Waals surface area contributed by atoms with Crippen LogP contribution in [0.3, 0.4) is 0 Å². The summed E-state index contributed by atoms with van der Waals surface area (Å²) in [6, 6.07) is 4.65. The van der Waals surface area contributed by atoms with Crippen LogP contribution in [0, 0.1) is 0 Å². The number of nitrogens with one attached hydrogen (secondary N) is 2. The Morgan fingerprint density at radius 3 is 1.47 bits per heavy atom. The second kappa shape index (κ2) is 28.5. The number of amides is 2. The predicted molar refractivity (Wildman–Crippen MR) is 181 cm³/mol. The van der Waals surface area contributed by atoms with Gasteiger partial charge in [0.2, 0.25) is 5.91 Å². The van der Waals surface area contributed by atoms with E-state index >= 15 is 0 Å². The van der Waals surface area contributed by atoms with Crippen molar-refractivity contribution in [1.82, 2.24) is 10.9 Å². The zero-order chi connectivity index (χ0) is 31.2. The van der Waals surface area contributed by atoms with Crippen LogP contribution in [0.1, 0.15) is 191 Å². The van der Waals surface area contributed by atoms with Crippen LogP contribution < -0.4 is 15.6 Å². The molecule has 0 saturated heterocycles. The number of unbranched alkanes of at least 4 members (excludes halogenated alkanes) is 23. The van der Waals surface area contributed by atoms with Gasteiger partial charge in [0, 0.05) is 6.42 Å². The Bertz CT molecular complexity index is 814. The van der Waals surface area contributed by atoms with Crippen molar-refractivity contribution in [2.45, 2.75) is 181 Å². The minimum Gasteiger partial charge on any atom is -0.507 e. The predicted octanol–water partition coefficient (Wildman–Crippen LogP) is 10.7. The van der Waals surface area contributed by atoms with Crippen molar-refractivity contribution >= 4 is 11.8 Å². The van der Waals surface area contributed by atoms with Crippen molar-refractivity contribution in [3.05, 3.63) is 23.8 Å². The Kier molecular flexibility index (Phi) is 25.7. The van der Waals surface area contributed by atoms with Gasteiger partial charge in [0.1, 0.15) is 11.5 Å². The van der Waals surface area contributed by atoms with Crippen molar-refractivity contribution in [3.8, 4) is 11.5 Å². The van der Waals surface area contributed by atoms with Crippen LogP contribution in [0.5, 0.6) is 11.5 Å². The molecule has 1 aromatic carbocycles. The van der Waals surface area contributed by atoms with Crippen molar-refractivity contribution in [2.24, 2.45) is 0 Å². The third-order valence-electron chi connectivity index (χ3n) is 8.30. The molecule has 0 spiro atoms. The minimum atomic E-state index is -0.549. The SMILES string of the molecule is CCCCCCCCCCCCCCCCCC(=O)NNC(=O)c1cc(OCCCCCCCCCCCC)ccc1O. The van der Waals surface area contributed by atoms with Crippen LogP contribution in [0.15, 0.2) is 18.2 Å². The second-order valence-corrected chi connectivity index (χ2v) is 12.4. The molecule has 3 N–H and O–H groups in total. The normalized spacial score (nSPS) is 11.0. The van der Waals surface area contributed by atoms with Gasteiger partial charge in [-0.2, -0.15) is 0 Å². The first kappa shape index (κ1) is 38.8. The molecule has 0 saturated carbocycles. The zero-order valence-corrected chi connectivity index (χ0v) is 28.0. The largest absolute Gasteiger partial charge is 0.507 e. The molecule has 0 atom stereocenters. The maximum absolute atomic E-state index is 12.6. The number of ether oxygens (including phenoxy) is 1. The molecule has 0 heterocycles. The zero-order valence-electron chi connectivity index (χ0n) is 28.0. The van der Waals surface area contributed by atoms with Crippen molar-refractivity contribution in [1.29, 1.82) is 0 Å². The van der Waals surface area contributed by atoms with Gasteiger partial charge in [-0.3, -0.25) is 20.4 Å². The van der Waals surface area contributed by atoms with Crippen molar-refractivity contribution in [2.75, 3.05) is 6.61 Å². The number of rotatable bonds is 29. The molecule has 0 aliphatic rings. The Labute approximate surface area is 264 Å². The lowest BCUT2D eigenvalue weighted by Gasteiger charge is -2.11. The number of carbonyl (C=O) groups is 2. The Morgan fingerprint density at radius 1 is 0.581 bits per heavy atom. The molecule has 0 aliphatic heterocycles. The van der Waals surface area contributed by atoms with E-state index in [1.165, 1.54) is 141 Å². The average molecular weight is 603 g/mol. The van der Waals surface area contributed by atoms with Gasteiger partial charge in [-0.05, 0) is 31.0 Å². The molecule has 1 rings (SSSR count). The molecule has 0 fully saturated rings. The summed E-state index contributed by atoms with van der Waals surface area (Å²) in [6.45, 7) is 5.10. The molecule has 1 aromatic rings. The molecule has 0 unspecified atom stereocenters. The highest BCUT2D eigenvalue weighted by Crippen LogP contribution is 2.23. The van der Waals surface area contributed by atoms with Gasteiger partial charge in [0.25, 0.3) is 5.91 Å². The number of aromatic hydroxyl groups is 1. The van der Waals surface area contributed by atoms with Crippen molar-refractivity contribution < 1.29 is 19.4 Å². The highest BCUT2D eigenvalue weighted by molar-refractivity contribution is 5.98. The second-order valence-electron chi connectivity index (χ2n) is 12.4. The Hall–Kier alpha value is -2.24. The number of carbonyl (C=O) groups excluding carboxylic acids is 2. The summed E-state index contributed by atoms with van der Waals surface area (Å²) < 4.78 is 5.81. The summed E-state index contributed by atoms with van der Waals surface area (Å²) >= 11 is 0. The third kappa shape index (κ3) is 22.9. The van der Waals surface area contributed by atoms with Gasteiger partial charge < -0.3 is 9.84 Å². The first-order valence-electron chi connectivity index (χ1n) is 18.1. The lowest BCUT2D eigenvalue weighted by Crippen LogP contribution is -2.41. The first-order chi connectivity index (χ1) is 21.1. The van der Waals surface area contributed by atoms with E-state index in [9.17, 15) is 14.7 Å². The Balaban J connectivity index is 2.05. The average Bonchev–Trinajstić information content (AvgIpc) is 3.01.